The summed E-state index contributed by atoms with van der Waals surface area (Å²) in [4.78, 5) is 25.4. The second-order valence-corrected chi connectivity index (χ2v) is 7.07. The highest BCUT2D eigenvalue weighted by atomic mass is 16.4. The number of terminal acetylenes is 1. The number of carbonyl (C=O) groups is 2. The van der Waals surface area contributed by atoms with Gasteiger partial charge in [0.2, 0.25) is 5.91 Å². The van der Waals surface area contributed by atoms with Crippen LogP contribution in [0.2, 0.25) is 0 Å². The van der Waals surface area contributed by atoms with E-state index in [-0.39, 0.29) is 17.5 Å². The number of aromatic carboxylic acids is 1. The standard InChI is InChI=1S/C20H24N4O3/c1-2-3-10-20(22-23-20)11-7-18(25)24-12-8-16(9-13-24)21-17-6-4-5-15(14-17)19(26)27/h1,4-6,14,16,21H,3,7-13H2,(H,26,27). The maximum Gasteiger partial charge on any atom is 0.335 e. The third kappa shape index (κ3) is 5.07. The zero-order valence-corrected chi connectivity index (χ0v) is 15.2. The molecule has 27 heavy (non-hydrogen) atoms. The first-order valence-electron chi connectivity index (χ1n) is 9.26. The van der Waals surface area contributed by atoms with Crippen molar-refractivity contribution >= 4 is 17.6 Å². The molecule has 1 fully saturated rings. The zero-order chi connectivity index (χ0) is 19.3. The summed E-state index contributed by atoms with van der Waals surface area (Å²) >= 11 is 0. The Morgan fingerprint density at radius 3 is 2.67 bits per heavy atom. The Morgan fingerprint density at radius 1 is 1.30 bits per heavy atom. The van der Waals surface area contributed by atoms with Crippen LogP contribution in [0.5, 0.6) is 0 Å². The molecule has 1 aromatic carbocycles. The molecule has 1 saturated heterocycles. The summed E-state index contributed by atoms with van der Waals surface area (Å²) in [6.07, 6.45) is 9.37. The molecule has 0 bridgehead atoms. The van der Waals surface area contributed by atoms with Crippen molar-refractivity contribution in [1.29, 1.82) is 0 Å². The Kier molecular flexibility index (Phi) is 5.75. The molecule has 0 radical (unpaired) electrons. The van der Waals surface area contributed by atoms with Crippen LogP contribution in [0, 0.1) is 12.3 Å². The number of hydrogen-bond acceptors (Lipinski definition) is 5. The van der Waals surface area contributed by atoms with Gasteiger partial charge in [0.15, 0.2) is 5.66 Å². The molecule has 0 aliphatic carbocycles. The van der Waals surface area contributed by atoms with Gasteiger partial charge in [0.25, 0.3) is 0 Å². The molecule has 0 atom stereocenters. The van der Waals surface area contributed by atoms with Gasteiger partial charge in [0.1, 0.15) is 0 Å². The predicted octanol–water partition coefficient (Wildman–Crippen LogP) is 3.14. The number of piperidine rings is 1. The largest absolute Gasteiger partial charge is 0.478 e. The first kappa shape index (κ1) is 18.9. The van der Waals surface area contributed by atoms with E-state index in [0.717, 1.165) is 24.9 Å². The van der Waals surface area contributed by atoms with Crippen LogP contribution >= 0.6 is 0 Å². The lowest BCUT2D eigenvalue weighted by atomic mass is 10.00. The maximum absolute atomic E-state index is 12.4. The number of carbonyl (C=O) groups excluding carboxylic acids is 1. The Labute approximate surface area is 158 Å². The first-order chi connectivity index (χ1) is 13.0. The van der Waals surface area contributed by atoms with E-state index >= 15 is 0 Å². The molecule has 0 spiro atoms. The van der Waals surface area contributed by atoms with Gasteiger partial charge in [-0.25, -0.2) is 4.79 Å². The van der Waals surface area contributed by atoms with E-state index < -0.39 is 11.6 Å². The van der Waals surface area contributed by atoms with Crippen molar-refractivity contribution in [1.82, 2.24) is 4.90 Å². The molecule has 2 aliphatic heterocycles. The summed E-state index contributed by atoms with van der Waals surface area (Å²) in [6, 6.07) is 7.03. The topological polar surface area (TPSA) is 94.4 Å². The minimum absolute atomic E-state index is 0.138. The average molecular weight is 368 g/mol. The van der Waals surface area contributed by atoms with Crippen LogP contribution in [0.25, 0.3) is 0 Å². The number of benzene rings is 1. The zero-order valence-electron chi connectivity index (χ0n) is 15.2. The number of nitrogens with one attached hydrogen (secondary N) is 1. The predicted molar refractivity (Wildman–Crippen MR) is 102 cm³/mol. The normalized spacial score (nSPS) is 18.0. The van der Waals surface area contributed by atoms with Gasteiger partial charge in [0.05, 0.1) is 5.56 Å². The summed E-state index contributed by atoms with van der Waals surface area (Å²) in [5.41, 5.74) is 0.659. The van der Waals surface area contributed by atoms with Crippen molar-refractivity contribution in [3.05, 3.63) is 29.8 Å². The number of carboxylic acid groups (broad SMARTS) is 1. The molecule has 0 saturated carbocycles. The molecule has 2 N–H and O–H groups in total. The minimum atomic E-state index is -0.937. The van der Waals surface area contributed by atoms with Gasteiger partial charge in [-0.1, -0.05) is 6.07 Å². The van der Waals surface area contributed by atoms with Crippen molar-refractivity contribution in [2.45, 2.75) is 50.2 Å². The number of rotatable bonds is 8. The summed E-state index contributed by atoms with van der Waals surface area (Å²) in [5.74, 6) is 1.80. The monoisotopic (exact) mass is 368 g/mol. The fraction of sp³-hybridized carbons (Fsp3) is 0.500. The van der Waals surface area contributed by atoms with E-state index in [1.54, 1.807) is 18.2 Å². The molecule has 3 rings (SSSR count). The number of likely N-dealkylation sites (tertiary alicyclic amines) is 1. The SMILES string of the molecule is C#CCCC1(CCC(=O)N2CCC(Nc3cccc(C(=O)O)c3)CC2)N=N1. The first-order valence-corrected chi connectivity index (χ1v) is 9.26. The highest BCUT2D eigenvalue weighted by Gasteiger charge is 2.39. The van der Waals surface area contributed by atoms with Gasteiger partial charge < -0.3 is 15.3 Å². The van der Waals surface area contributed by atoms with Crippen LogP contribution < -0.4 is 5.32 Å². The number of amides is 1. The fourth-order valence-corrected chi connectivity index (χ4v) is 3.38. The van der Waals surface area contributed by atoms with Gasteiger partial charge >= 0.3 is 5.97 Å². The van der Waals surface area contributed by atoms with Gasteiger partial charge in [0, 0.05) is 50.5 Å². The molecule has 142 valence electrons. The Hall–Kier alpha value is -2.88. The van der Waals surface area contributed by atoms with E-state index in [1.165, 1.54) is 0 Å². The molecule has 0 aromatic heterocycles. The highest BCUT2D eigenvalue weighted by Crippen LogP contribution is 2.37. The van der Waals surface area contributed by atoms with E-state index in [2.05, 4.69) is 21.5 Å². The molecule has 7 heteroatoms. The Balaban J connectivity index is 1.42. The van der Waals surface area contributed by atoms with Crippen molar-refractivity contribution in [2.24, 2.45) is 10.2 Å². The number of carboxylic acids is 1. The minimum Gasteiger partial charge on any atom is -0.478 e. The van der Waals surface area contributed by atoms with E-state index in [4.69, 9.17) is 11.5 Å². The quantitative estimate of drug-likeness (QED) is 0.689. The van der Waals surface area contributed by atoms with Gasteiger partial charge in [-0.2, -0.15) is 10.2 Å². The molecular weight excluding hydrogens is 344 g/mol. The molecule has 1 amide bonds. The van der Waals surface area contributed by atoms with Crippen LogP contribution in [-0.2, 0) is 4.79 Å². The lowest BCUT2D eigenvalue weighted by Gasteiger charge is -2.33. The summed E-state index contributed by atoms with van der Waals surface area (Å²) in [6.45, 7) is 1.39. The van der Waals surface area contributed by atoms with Crippen LogP contribution in [0.3, 0.4) is 0 Å². The average Bonchev–Trinajstić information content (AvgIpc) is 3.45. The third-order valence-electron chi connectivity index (χ3n) is 5.12. The highest BCUT2D eigenvalue weighted by molar-refractivity contribution is 5.88. The van der Waals surface area contributed by atoms with E-state index in [9.17, 15) is 9.59 Å². The lowest BCUT2D eigenvalue weighted by Crippen LogP contribution is -2.42. The van der Waals surface area contributed by atoms with Crippen LogP contribution in [0.15, 0.2) is 34.5 Å². The Bertz CT molecular complexity index is 770. The van der Waals surface area contributed by atoms with E-state index in [0.29, 0.717) is 32.4 Å². The summed E-state index contributed by atoms with van der Waals surface area (Å²) < 4.78 is 0. The van der Waals surface area contributed by atoms with Crippen molar-refractivity contribution in [3.63, 3.8) is 0 Å². The second kappa shape index (κ2) is 8.21. The fourth-order valence-electron chi connectivity index (χ4n) is 3.38. The third-order valence-corrected chi connectivity index (χ3v) is 5.12. The van der Waals surface area contributed by atoms with Crippen molar-refractivity contribution < 1.29 is 14.7 Å². The number of hydrogen-bond donors (Lipinski definition) is 2. The van der Waals surface area contributed by atoms with Crippen LogP contribution in [0.4, 0.5) is 5.69 Å². The smallest absolute Gasteiger partial charge is 0.335 e. The van der Waals surface area contributed by atoms with Crippen molar-refractivity contribution in [3.8, 4) is 12.3 Å². The van der Waals surface area contributed by atoms with Crippen LogP contribution in [-0.4, -0.2) is 46.7 Å². The maximum atomic E-state index is 12.4. The van der Waals surface area contributed by atoms with Gasteiger partial charge in [-0.15, -0.1) is 12.3 Å². The van der Waals surface area contributed by atoms with Crippen molar-refractivity contribution in [2.75, 3.05) is 18.4 Å². The molecule has 1 aromatic rings. The molecule has 7 nitrogen and oxygen atoms in total. The summed E-state index contributed by atoms with van der Waals surface area (Å²) in [5, 5.41) is 20.6. The molecule has 2 aliphatic rings. The summed E-state index contributed by atoms with van der Waals surface area (Å²) in [7, 11) is 0. The molecule has 0 unspecified atom stereocenters. The second-order valence-electron chi connectivity index (χ2n) is 7.07. The number of nitrogens with zero attached hydrogens (tertiary/aromatic N) is 3. The van der Waals surface area contributed by atoms with Gasteiger partial charge in [-0.3, -0.25) is 4.79 Å². The van der Waals surface area contributed by atoms with Crippen LogP contribution in [0.1, 0.15) is 48.9 Å². The molecular formula is C20H24N4O3. The van der Waals surface area contributed by atoms with Gasteiger partial charge in [-0.05, 0) is 31.0 Å². The lowest BCUT2D eigenvalue weighted by molar-refractivity contribution is -0.132. The van der Waals surface area contributed by atoms with E-state index in [1.807, 2.05) is 11.0 Å². The number of anilines is 1. The molecule has 2 heterocycles. The Morgan fingerprint density at radius 2 is 2.04 bits per heavy atom.